The number of aliphatic hydroxyl groups excluding tert-OH is 1. The van der Waals surface area contributed by atoms with Crippen LogP contribution in [0.25, 0.3) is 0 Å². The van der Waals surface area contributed by atoms with Crippen LogP contribution in [0.15, 0.2) is 30.3 Å². The van der Waals surface area contributed by atoms with E-state index in [1.807, 2.05) is 18.2 Å². The van der Waals surface area contributed by atoms with E-state index in [9.17, 15) is 0 Å². The molecule has 0 spiro atoms. The number of hydrogen-bond acceptors (Lipinski definition) is 2. The fourth-order valence-electron chi connectivity index (χ4n) is 0.534. The standard InChI is InChI=1S/C7H8.C2H3N.CH4O/c1-7-5-3-2-4-6-7;1-2-3;1-2/h2-6H,1H3;1H3;2H,1H3. The van der Waals surface area contributed by atoms with Crippen LogP contribution in [0.1, 0.15) is 12.5 Å². The van der Waals surface area contributed by atoms with Gasteiger partial charge in [-0.25, -0.2) is 0 Å². The third-order valence-electron chi connectivity index (χ3n) is 0.940. The average molecular weight is 165 g/mol. The molecule has 0 aliphatic rings. The minimum atomic E-state index is 1.00. The van der Waals surface area contributed by atoms with Crippen molar-refractivity contribution in [2.24, 2.45) is 0 Å². The number of benzene rings is 1. The van der Waals surface area contributed by atoms with Crippen molar-refractivity contribution < 1.29 is 5.11 Å². The number of nitrogens with zero attached hydrogens (tertiary/aromatic N) is 1. The largest absolute Gasteiger partial charge is 0.400 e. The molecule has 1 rings (SSSR count). The Labute approximate surface area is 74.1 Å². The van der Waals surface area contributed by atoms with Gasteiger partial charge >= 0.3 is 0 Å². The zero-order valence-electron chi connectivity index (χ0n) is 7.78. The fraction of sp³-hybridized carbons (Fsp3) is 0.300. The maximum atomic E-state index is 7.32. The molecule has 0 fully saturated rings. The first kappa shape index (κ1) is 13.3. The highest BCUT2D eigenvalue weighted by Gasteiger charge is 1.72. The molecule has 0 aliphatic carbocycles. The van der Waals surface area contributed by atoms with Gasteiger partial charge in [0, 0.05) is 14.0 Å². The van der Waals surface area contributed by atoms with E-state index in [-0.39, 0.29) is 0 Å². The summed E-state index contributed by atoms with van der Waals surface area (Å²) in [5.41, 5.74) is 1.32. The quantitative estimate of drug-likeness (QED) is 0.640. The molecule has 0 bridgehead atoms. The molecule has 1 aromatic carbocycles. The molecule has 1 N–H and O–H groups in total. The maximum Gasteiger partial charge on any atom is 0.0587 e. The number of hydrogen-bond donors (Lipinski definition) is 1. The molecule has 2 nitrogen and oxygen atoms in total. The highest BCUT2D eigenvalue weighted by Crippen LogP contribution is 1.92. The molecule has 66 valence electrons. The smallest absolute Gasteiger partial charge is 0.0587 e. The van der Waals surface area contributed by atoms with Crippen LogP contribution in [0.3, 0.4) is 0 Å². The number of rotatable bonds is 0. The fourth-order valence-corrected chi connectivity index (χ4v) is 0.534. The van der Waals surface area contributed by atoms with Gasteiger partial charge in [-0.15, -0.1) is 0 Å². The highest BCUT2D eigenvalue weighted by molar-refractivity contribution is 5.11. The summed E-state index contributed by atoms with van der Waals surface area (Å²) in [6.07, 6.45) is 0. The van der Waals surface area contributed by atoms with E-state index in [0.29, 0.717) is 0 Å². The Morgan fingerprint density at radius 1 is 1.17 bits per heavy atom. The lowest BCUT2D eigenvalue weighted by atomic mass is 10.2. The summed E-state index contributed by atoms with van der Waals surface area (Å²) in [5.74, 6) is 0. The maximum absolute atomic E-state index is 7.32. The molecular formula is C10H15NO. The molecule has 0 aliphatic heterocycles. The summed E-state index contributed by atoms with van der Waals surface area (Å²) in [5, 5.41) is 14.3. The van der Waals surface area contributed by atoms with Crippen LogP contribution in [0, 0.1) is 18.3 Å². The summed E-state index contributed by atoms with van der Waals surface area (Å²) in [6.45, 7) is 3.51. The van der Waals surface area contributed by atoms with Crippen molar-refractivity contribution in [2.45, 2.75) is 13.8 Å². The number of aliphatic hydroxyl groups is 1. The summed E-state index contributed by atoms with van der Waals surface area (Å²) < 4.78 is 0. The van der Waals surface area contributed by atoms with Gasteiger partial charge in [0.1, 0.15) is 0 Å². The van der Waals surface area contributed by atoms with Crippen molar-refractivity contribution in [3.8, 4) is 6.07 Å². The molecule has 0 radical (unpaired) electrons. The van der Waals surface area contributed by atoms with Crippen molar-refractivity contribution in [3.63, 3.8) is 0 Å². The topological polar surface area (TPSA) is 44.0 Å². The molecule has 2 heteroatoms. The highest BCUT2D eigenvalue weighted by atomic mass is 16.2. The summed E-state index contributed by atoms with van der Waals surface area (Å²) >= 11 is 0. The summed E-state index contributed by atoms with van der Waals surface area (Å²) in [4.78, 5) is 0. The van der Waals surface area contributed by atoms with E-state index in [0.717, 1.165) is 7.11 Å². The molecule has 0 heterocycles. The molecule has 0 atom stereocenters. The zero-order chi connectivity index (χ0) is 9.82. The predicted molar refractivity (Wildman–Crippen MR) is 50.6 cm³/mol. The van der Waals surface area contributed by atoms with Crippen LogP contribution in [0.2, 0.25) is 0 Å². The van der Waals surface area contributed by atoms with Gasteiger partial charge in [-0.2, -0.15) is 5.26 Å². The van der Waals surface area contributed by atoms with E-state index >= 15 is 0 Å². The first-order chi connectivity index (χ1) is 5.81. The van der Waals surface area contributed by atoms with Crippen molar-refractivity contribution in [3.05, 3.63) is 35.9 Å². The second-order valence-electron chi connectivity index (χ2n) is 1.88. The lowest BCUT2D eigenvalue weighted by molar-refractivity contribution is 0.399. The van der Waals surface area contributed by atoms with E-state index in [2.05, 4.69) is 19.1 Å². The van der Waals surface area contributed by atoms with E-state index in [4.69, 9.17) is 10.4 Å². The lowest BCUT2D eigenvalue weighted by Gasteiger charge is -1.82. The molecule has 0 aromatic heterocycles. The van der Waals surface area contributed by atoms with Crippen molar-refractivity contribution in [1.29, 1.82) is 5.26 Å². The molecular weight excluding hydrogens is 150 g/mol. The lowest BCUT2D eigenvalue weighted by Crippen LogP contribution is -1.62. The molecule has 1 aromatic rings. The SMILES string of the molecule is CC#N.CO.Cc1ccccc1. The van der Waals surface area contributed by atoms with Gasteiger partial charge in [-0.1, -0.05) is 35.9 Å². The Kier molecular flexibility index (Phi) is 13.7. The van der Waals surface area contributed by atoms with Crippen LogP contribution in [-0.2, 0) is 0 Å². The van der Waals surface area contributed by atoms with Crippen LogP contribution in [0.4, 0.5) is 0 Å². The van der Waals surface area contributed by atoms with Crippen LogP contribution in [0.5, 0.6) is 0 Å². The molecule has 0 unspecified atom stereocenters. The van der Waals surface area contributed by atoms with E-state index in [1.165, 1.54) is 12.5 Å². The molecule has 12 heavy (non-hydrogen) atoms. The molecule has 0 saturated heterocycles. The Morgan fingerprint density at radius 2 is 1.50 bits per heavy atom. The second-order valence-corrected chi connectivity index (χ2v) is 1.88. The van der Waals surface area contributed by atoms with Gasteiger partial charge in [0.25, 0.3) is 0 Å². The van der Waals surface area contributed by atoms with Crippen molar-refractivity contribution in [1.82, 2.24) is 0 Å². The van der Waals surface area contributed by atoms with Gasteiger partial charge in [-0.05, 0) is 6.92 Å². The average Bonchev–Trinajstić information content (AvgIpc) is 2.11. The molecule has 0 amide bonds. The van der Waals surface area contributed by atoms with Crippen LogP contribution >= 0.6 is 0 Å². The van der Waals surface area contributed by atoms with Gasteiger partial charge in [-0.3, -0.25) is 0 Å². The Bertz CT molecular complexity index is 201. The van der Waals surface area contributed by atoms with Crippen molar-refractivity contribution in [2.75, 3.05) is 7.11 Å². The van der Waals surface area contributed by atoms with Crippen LogP contribution < -0.4 is 0 Å². The zero-order valence-corrected chi connectivity index (χ0v) is 7.78. The third kappa shape index (κ3) is 11.5. The first-order valence-electron chi connectivity index (χ1n) is 3.58. The minimum absolute atomic E-state index is 1.00. The summed E-state index contributed by atoms with van der Waals surface area (Å²) in [7, 11) is 1.00. The Balaban J connectivity index is 0. The third-order valence-corrected chi connectivity index (χ3v) is 0.940. The van der Waals surface area contributed by atoms with Crippen molar-refractivity contribution >= 4 is 0 Å². The molecule has 0 saturated carbocycles. The number of nitriles is 1. The summed E-state index contributed by atoms with van der Waals surface area (Å²) in [6, 6.07) is 12.0. The van der Waals surface area contributed by atoms with Gasteiger partial charge in [0.05, 0.1) is 6.07 Å². The second kappa shape index (κ2) is 12.4. The Hall–Kier alpha value is -1.33. The monoisotopic (exact) mass is 165 g/mol. The normalized spacial score (nSPS) is 6.25. The van der Waals surface area contributed by atoms with Gasteiger partial charge in [0.2, 0.25) is 0 Å². The Morgan fingerprint density at radius 3 is 1.67 bits per heavy atom. The van der Waals surface area contributed by atoms with E-state index < -0.39 is 0 Å². The van der Waals surface area contributed by atoms with E-state index in [1.54, 1.807) is 6.07 Å². The van der Waals surface area contributed by atoms with Crippen LogP contribution in [-0.4, -0.2) is 12.2 Å². The minimum Gasteiger partial charge on any atom is -0.400 e. The van der Waals surface area contributed by atoms with Gasteiger partial charge in [0.15, 0.2) is 0 Å². The predicted octanol–water partition coefficient (Wildman–Crippen LogP) is 2.13. The van der Waals surface area contributed by atoms with Gasteiger partial charge < -0.3 is 5.11 Å². The first-order valence-corrected chi connectivity index (χ1v) is 3.58. The number of aryl methyl sites for hydroxylation is 1.